The molecule has 0 radical (unpaired) electrons. The normalized spacial score (nSPS) is 21.8. The molecule has 7 heteroatoms. The molecular weight excluding hydrogens is 304 g/mol. The monoisotopic (exact) mass is 324 g/mol. The molecule has 6 nitrogen and oxygen atoms in total. The highest BCUT2D eigenvalue weighted by Gasteiger charge is 2.33. The Morgan fingerprint density at radius 3 is 2.59 bits per heavy atom. The molecule has 1 atom stereocenters. The van der Waals surface area contributed by atoms with Crippen molar-refractivity contribution >= 4 is 21.6 Å². The van der Waals surface area contributed by atoms with E-state index in [0.29, 0.717) is 44.0 Å². The minimum atomic E-state index is -3.30. The fourth-order valence-corrected chi connectivity index (χ4v) is 4.45. The van der Waals surface area contributed by atoms with E-state index in [1.807, 2.05) is 13.0 Å². The third-order valence-corrected chi connectivity index (χ3v) is 5.41. The van der Waals surface area contributed by atoms with Gasteiger partial charge in [-0.05, 0) is 37.1 Å². The number of fused-ring (bicyclic) bond motifs is 1. The maximum Gasteiger partial charge on any atom is 0.254 e. The van der Waals surface area contributed by atoms with Crippen LogP contribution in [0.15, 0.2) is 18.2 Å². The van der Waals surface area contributed by atoms with Gasteiger partial charge in [0, 0.05) is 24.7 Å². The minimum absolute atomic E-state index is 0.0171. The van der Waals surface area contributed by atoms with Gasteiger partial charge < -0.3 is 9.64 Å². The van der Waals surface area contributed by atoms with Crippen molar-refractivity contribution in [3.05, 3.63) is 29.3 Å². The third kappa shape index (κ3) is 2.70. The maximum atomic E-state index is 12.5. The zero-order chi connectivity index (χ0) is 15.9. The predicted molar refractivity (Wildman–Crippen MR) is 83.7 cm³/mol. The molecule has 120 valence electrons. The fraction of sp³-hybridized carbons (Fsp3) is 0.533. The number of carbonyl (C=O) groups is 1. The Morgan fingerprint density at radius 2 is 1.95 bits per heavy atom. The van der Waals surface area contributed by atoms with Crippen molar-refractivity contribution in [1.82, 2.24) is 4.90 Å². The van der Waals surface area contributed by atoms with Gasteiger partial charge in [0.25, 0.3) is 5.91 Å². The Hall–Kier alpha value is -1.60. The van der Waals surface area contributed by atoms with Crippen LogP contribution in [0.3, 0.4) is 0 Å². The zero-order valence-electron chi connectivity index (χ0n) is 12.8. The highest BCUT2D eigenvalue weighted by molar-refractivity contribution is 7.92. The molecule has 0 bridgehead atoms. The van der Waals surface area contributed by atoms with E-state index in [2.05, 4.69) is 0 Å². The molecule has 2 heterocycles. The summed E-state index contributed by atoms with van der Waals surface area (Å²) in [6, 6.07) is 5.17. The number of carbonyl (C=O) groups excluding carboxylic acids is 1. The number of anilines is 1. The van der Waals surface area contributed by atoms with Gasteiger partial charge in [0.1, 0.15) is 0 Å². The molecule has 1 aromatic rings. The third-order valence-electron chi connectivity index (χ3n) is 4.14. The summed E-state index contributed by atoms with van der Waals surface area (Å²) >= 11 is 0. The highest BCUT2D eigenvalue weighted by atomic mass is 32.2. The highest BCUT2D eigenvalue weighted by Crippen LogP contribution is 2.34. The van der Waals surface area contributed by atoms with Crippen LogP contribution in [-0.2, 0) is 21.2 Å². The summed E-state index contributed by atoms with van der Waals surface area (Å²) in [7, 11) is -3.30. The Balaban J connectivity index is 1.89. The molecule has 0 N–H and O–H groups in total. The molecule has 1 fully saturated rings. The van der Waals surface area contributed by atoms with Crippen LogP contribution in [0, 0.1) is 0 Å². The number of amides is 1. The van der Waals surface area contributed by atoms with Gasteiger partial charge in [0.05, 0.1) is 25.2 Å². The van der Waals surface area contributed by atoms with Crippen molar-refractivity contribution in [2.24, 2.45) is 0 Å². The van der Waals surface area contributed by atoms with Gasteiger partial charge in [-0.25, -0.2) is 8.42 Å². The molecule has 3 rings (SSSR count). The van der Waals surface area contributed by atoms with Crippen LogP contribution >= 0.6 is 0 Å². The topological polar surface area (TPSA) is 66.9 Å². The van der Waals surface area contributed by atoms with E-state index in [0.717, 1.165) is 5.56 Å². The molecular formula is C15H20N2O4S. The van der Waals surface area contributed by atoms with Crippen LogP contribution in [0.4, 0.5) is 5.69 Å². The van der Waals surface area contributed by atoms with E-state index in [1.54, 1.807) is 17.0 Å². The van der Waals surface area contributed by atoms with Crippen molar-refractivity contribution in [3.63, 3.8) is 0 Å². The molecule has 1 aromatic carbocycles. The van der Waals surface area contributed by atoms with Gasteiger partial charge in [-0.1, -0.05) is 0 Å². The zero-order valence-corrected chi connectivity index (χ0v) is 13.6. The average Bonchev–Trinajstić information content (AvgIpc) is 2.82. The van der Waals surface area contributed by atoms with Gasteiger partial charge in [-0.3, -0.25) is 9.10 Å². The van der Waals surface area contributed by atoms with Crippen LogP contribution in [-0.4, -0.2) is 57.8 Å². The van der Waals surface area contributed by atoms with Gasteiger partial charge >= 0.3 is 0 Å². The number of benzene rings is 1. The van der Waals surface area contributed by atoms with E-state index in [1.165, 1.54) is 10.6 Å². The van der Waals surface area contributed by atoms with Crippen molar-refractivity contribution in [3.8, 4) is 0 Å². The lowest BCUT2D eigenvalue weighted by molar-refractivity contribution is 0.0303. The van der Waals surface area contributed by atoms with E-state index < -0.39 is 10.0 Å². The molecule has 22 heavy (non-hydrogen) atoms. The average molecular weight is 324 g/mol. The molecule has 2 aliphatic heterocycles. The quantitative estimate of drug-likeness (QED) is 0.809. The van der Waals surface area contributed by atoms with Gasteiger partial charge in [-0.15, -0.1) is 0 Å². The maximum absolute atomic E-state index is 12.5. The summed E-state index contributed by atoms with van der Waals surface area (Å²) in [5.74, 6) is -0.0171. The van der Waals surface area contributed by atoms with Crippen LogP contribution in [0.1, 0.15) is 22.8 Å². The molecule has 2 aliphatic rings. The van der Waals surface area contributed by atoms with Crippen LogP contribution < -0.4 is 4.31 Å². The smallest absolute Gasteiger partial charge is 0.254 e. The Bertz CT molecular complexity index is 695. The first-order chi connectivity index (χ1) is 10.4. The first-order valence-corrected chi connectivity index (χ1v) is 9.22. The molecule has 1 amide bonds. The standard InChI is InChI=1S/C15H20N2O4S/c1-11-9-13-10-12(15(18)16-5-7-21-8-6-16)3-4-14(13)17(11)22(2,19)20/h3-4,10-11H,5-9H2,1-2H3/t11-/m0/s1. The van der Waals surface area contributed by atoms with Crippen LogP contribution in [0.2, 0.25) is 0 Å². The first-order valence-electron chi connectivity index (χ1n) is 7.37. The van der Waals surface area contributed by atoms with E-state index in [9.17, 15) is 13.2 Å². The van der Waals surface area contributed by atoms with Crippen molar-refractivity contribution in [1.29, 1.82) is 0 Å². The minimum Gasteiger partial charge on any atom is -0.378 e. The van der Waals surface area contributed by atoms with Gasteiger partial charge in [0.15, 0.2) is 0 Å². The lowest BCUT2D eigenvalue weighted by Crippen LogP contribution is -2.40. The summed E-state index contributed by atoms with van der Waals surface area (Å²) in [5, 5.41) is 0. The molecule has 0 saturated carbocycles. The Labute approximate surface area is 130 Å². The number of nitrogens with zero attached hydrogens (tertiary/aromatic N) is 2. The number of rotatable bonds is 2. The fourth-order valence-electron chi connectivity index (χ4n) is 3.19. The second-order valence-electron chi connectivity index (χ2n) is 5.86. The Kier molecular flexibility index (Phi) is 3.86. The van der Waals surface area contributed by atoms with Crippen molar-refractivity contribution in [2.45, 2.75) is 19.4 Å². The second-order valence-corrected chi connectivity index (χ2v) is 7.72. The van der Waals surface area contributed by atoms with Crippen LogP contribution in [0.5, 0.6) is 0 Å². The van der Waals surface area contributed by atoms with E-state index in [4.69, 9.17) is 4.74 Å². The van der Waals surface area contributed by atoms with Crippen molar-refractivity contribution in [2.75, 3.05) is 36.9 Å². The predicted octanol–water partition coefficient (Wildman–Crippen LogP) is 0.870. The molecule has 0 spiro atoms. The lowest BCUT2D eigenvalue weighted by atomic mass is 10.1. The largest absolute Gasteiger partial charge is 0.378 e. The first kappa shape index (κ1) is 15.3. The molecule has 1 saturated heterocycles. The van der Waals surface area contributed by atoms with E-state index >= 15 is 0 Å². The molecule has 0 aliphatic carbocycles. The summed E-state index contributed by atoms with van der Waals surface area (Å²) in [4.78, 5) is 14.3. The summed E-state index contributed by atoms with van der Waals surface area (Å²) in [6.07, 6.45) is 1.85. The Morgan fingerprint density at radius 1 is 1.27 bits per heavy atom. The van der Waals surface area contributed by atoms with Crippen LogP contribution in [0.25, 0.3) is 0 Å². The summed E-state index contributed by atoms with van der Waals surface area (Å²) < 4.78 is 30.5. The number of hydrogen-bond acceptors (Lipinski definition) is 4. The molecule has 0 aromatic heterocycles. The number of sulfonamides is 1. The van der Waals surface area contributed by atoms with Crippen molar-refractivity contribution < 1.29 is 17.9 Å². The SMILES string of the molecule is C[C@H]1Cc2cc(C(=O)N3CCOCC3)ccc2N1S(C)(=O)=O. The second kappa shape index (κ2) is 5.55. The lowest BCUT2D eigenvalue weighted by Gasteiger charge is -2.27. The summed E-state index contributed by atoms with van der Waals surface area (Å²) in [5.41, 5.74) is 2.22. The number of ether oxygens (including phenoxy) is 1. The van der Waals surface area contributed by atoms with Gasteiger partial charge in [0.2, 0.25) is 10.0 Å². The molecule has 0 unspecified atom stereocenters. The number of hydrogen-bond donors (Lipinski definition) is 0. The van der Waals surface area contributed by atoms with E-state index in [-0.39, 0.29) is 11.9 Å². The summed E-state index contributed by atoms with van der Waals surface area (Å²) in [6.45, 7) is 4.21. The van der Waals surface area contributed by atoms with Gasteiger partial charge in [-0.2, -0.15) is 0 Å². The number of morpholine rings is 1.